The average molecular weight is 446 g/mol. The SMILES string of the molecule is COCCC(=O)NNC(=O)c1cc(-c2ccc(F)cc2)ncc1CNC(=O)OC(C)(C)C. The van der Waals surface area contributed by atoms with E-state index in [4.69, 9.17) is 9.47 Å². The van der Waals surface area contributed by atoms with Gasteiger partial charge in [0.15, 0.2) is 0 Å². The maximum Gasteiger partial charge on any atom is 0.407 e. The Labute approximate surface area is 185 Å². The van der Waals surface area contributed by atoms with Gasteiger partial charge in [-0.3, -0.25) is 25.4 Å². The van der Waals surface area contributed by atoms with Gasteiger partial charge >= 0.3 is 6.09 Å². The summed E-state index contributed by atoms with van der Waals surface area (Å²) in [4.78, 5) is 40.8. The molecule has 172 valence electrons. The lowest BCUT2D eigenvalue weighted by Crippen LogP contribution is -2.42. The molecule has 2 rings (SSSR count). The summed E-state index contributed by atoms with van der Waals surface area (Å²) in [6, 6.07) is 7.13. The number of methoxy groups -OCH3 is 1. The number of rotatable bonds is 7. The largest absolute Gasteiger partial charge is 0.444 e. The maximum atomic E-state index is 13.2. The molecule has 2 aromatic rings. The van der Waals surface area contributed by atoms with Gasteiger partial charge in [0, 0.05) is 36.5 Å². The number of pyridine rings is 1. The van der Waals surface area contributed by atoms with Crippen molar-refractivity contribution in [1.82, 2.24) is 21.2 Å². The molecule has 10 heteroatoms. The summed E-state index contributed by atoms with van der Waals surface area (Å²) in [5, 5.41) is 2.58. The van der Waals surface area contributed by atoms with Crippen LogP contribution in [-0.2, 0) is 20.8 Å². The monoisotopic (exact) mass is 446 g/mol. The first-order chi connectivity index (χ1) is 15.1. The van der Waals surface area contributed by atoms with Crippen LogP contribution in [-0.4, -0.2) is 42.2 Å². The smallest absolute Gasteiger partial charge is 0.407 e. The third-order valence-electron chi connectivity index (χ3n) is 4.04. The minimum Gasteiger partial charge on any atom is -0.444 e. The quantitative estimate of drug-likeness (QED) is 0.563. The van der Waals surface area contributed by atoms with Crippen molar-refractivity contribution in [2.75, 3.05) is 13.7 Å². The standard InChI is InChI=1S/C22H27FN4O5/c1-22(2,3)32-21(30)25-13-15-12-24-18(14-5-7-16(23)8-6-14)11-17(15)20(29)27-26-19(28)9-10-31-4/h5-8,11-12H,9-10,13H2,1-4H3,(H,25,30)(H,26,28)(H,27,29). The van der Waals surface area contributed by atoms with Gasteiger partial charge in [0.1, 0.15) is 11.4 Å². The fourth-order valence-electron chi connectivity index (χ4n) is 2.55. The lowest BCUT2D eigenvalue weighted by molar-refractivity contribution is -0.122. The molecule has 0 saturated heterocycles. The van der Waals surface area contributed by atoms with E-state index >= 15 is 0 Å². The number of nitrogens with one attached hydrogen (secondary N) is 3. The third-order valence-corrected chi connectivity index (χ3v) is 4.04. The van der Waals surface area contributed by atoms with E-state index in [2.05, 4.69) is 21.2 Å². The molecule has 0 aliphatic carbocycles. The number of ether oxygens (including phenoxy) is 2. The van der Waals surface area contributed by atoms with Gasteiger partial charge in [-0.1, -0.05) is 0 Å². The predicted molar refractivity (Wildman–Crippen MR) is 115 cm³/mol. The van der Waals surface area contributed by atoms with E-state index in [1.807, 2.05) is 0 Å². The van der Waals surface area contributed by atoms with Crippen LogP contribution in [0.3, 0.4) is 0 Å². The number of halogens is 1. The van der Waals surface area contributed by atoms with Crippen molar-refractivity contribution in [2.45, 2.75) is 39.3 Å². The Morgan fingerprint density at radius 3 is 2.41 bits per heavy atom. The Kier molecular flexibility index (Phi) is 8.65. The van der Waals surface area contributed by atoms with Crippen molar-refractivity contribution in [3.63, 3.8) is 0 Å². The van der Waals surface area contributed by atoms with E-state index in [1.165, 1.54) is 43.6 Å². The molecule has 3 N–H and O–H groups in total. The Morgan fingerprint density at radius 1 is 1.09 bits per heavy atom. The highest BCUT2D eigenvalue weighted by molar-refractivity contribution is 5.97. The summed E-state index contributed by atoms with van der Waals surface area (Å²) in [5.41, 5.74) is 5.54. The number of aromatic nitrogens is 1. The van der Waals surface area contributed by atoms with Crippen LogP contribution in [0, 0.1) is 5.82 Å². The number of carbonyl (C=O) groups excluding carboxylic acids is 3. The first kappa shape index (κ1) is 24.7. The zero-order valence-electron chi connectivity index (χ0n) is 18.5. The van der Waals surface area contributed by atoms with Gasteiger partial charge < -0.3 is 14.8 Å². The molecule has 0 unspecified atom stereocenters. The van der Waals surface area contributed by atoms with Gasteiger partial charge in [-0.15, -0.1) is 0 Å². The highest BCUT2D eigenvalue weighted by atomic mass is 19.1. The first-order valence-corrected chi connectivity index (χ1v) is 9.89. The minimum atomic E-state index is -0.679. The number of nitrogens with zero attached hydrogens (tertiary/aromatic N) is 1. The van der Waals surface area contributed by atoms with E-state index in [0.29, 0.717) is 16.8 Å². The van der Waals surface area contributed by atoms with Crippen molar-refractivity contribution >= 4 is 17.9 Å². The lowest BCUT2D eigenvalue weighted by atomic mass is 10.0. The molecule has 32 heavy (non-hydrogen) atoms. The normalized spacial score (nSPS) is 10.9. The summed E-state index contributed by atoms with van der Waals surface area (Å²) >= 11 is 0. The Hall–Kier alpha value is -3.53. The number of hydrogen-bond donors (Lipinski definition) is 3. The van der Waals surface area contributed by atoms with Gasteiger partial charge in [-0.25, -0.2) is 9.18 Å². The van der Waals surface area contributed by atoms with Gasteiger partial charge in [0.25, 0.3) is 5.91 Å². The van der Waals surface area contributed by atoms with Crippen molar-refractivity contribution in [2.24, 2.45) is 0 Å². The van der Waals surface area contributed by atoms with Gasteiger partial charge in [-0.05, 0) is 51.1 Å². The Bertz CT molecular complexity index is 958. The third kappa shape index (κ3) is 7.95. The highest BCUT2D eigenvalue weighted by Crippen LogP contribution is 2.21. The molecule has 0 atom stereocenters. The molecule has 0 saturated carbocycles. The molecule has 9 nitrogen and oxygen atoms in total. The van der Waals surface area contributed by atoms with E-state index in [9.17, 15) is 18.8 Å². The van der Waals surface area contributed by atoms with Crippen molar-refractivity contribution in [3.8, 4) is 11.3 Å². The maximum absolute atomic E-state index is 13.2. The molecule has 0 spiro atoms. The number of amides is 3. The summed E-state index contributed by atoms with van der Waals surface area (Å²) in [6.07, 6.45) is 0.845. The van der Waals surface area contributed by atoms with E-state index in [-0.39, 0.29) is 25.1 Å². The zero-order chi connectivity index (χ0) is 23.7. The molecular weight excluding hydrogens is 419 g/mol. The van der Waals surface area contributed by atoms with Crippen LogP contribution < -0.4 is 16.2 Å². The molecule has 0 fully saturated rings. The van der Waals surface area contributed by atoms with E-state index in [0.717, 1.165) is 0 Å². The second-order valence-electron chi connectivity index (χ2n) is 7.83. The van der Waals surface area contributed by atoms with Crippen molar-refractivity contribution in [3.05, 3.63) is 53.5 Å². The summed E-state index contributed by atoms with van der Waals surface area (Å²) in [5.74, 6) is -1.44. The summed E-state index contributed by atoms with van der Waals surface area (Å²) in [7, 11) is 1.46. The first-order valence-electron chi connectivity index (χ1n) is 9.89. The molecule has 0 aliphatic heterocycles. The predicted octanol–water partition coefficient (Wildman–Crippen LogP) is 2.71. The molecule has 0 bridgehead atoms. The highest BCUT2D eigenvalue weighted by Gasteiger charge is 2.19. The fourth-order valence-corrected chi connectivity index (χ4v) is 2.55. The Morgan fingerprint density at radius 2 is 1.78 bits per heavy atom. The Balaban J connectivity index is 2.23. The molecule has 1 heterocycles. The second kappa shape index (κ2) is 11.2. The number of benzene rings is 1. The molecule has 0 aliphatic rings. The number of alkyl carbamates (subject to hydrolysis) is 1. The molecular formula is C22H27FN4O5. The van der Waals surface area contributed by atoms with Crippen LogP contribution >= 0.6 is 0 Å². The molecule has 0 radical (unpaired) electrons. The summed E-state index contributed by atoms with van der Waals surface area (Å²) < 4.78 is 23.3. The van der Waals surface area contributed by atoms with Crippen LogP contribution in [0.15, 0.2) is 36.5 Å². The van der Waals surface area contributed by atoms with E-state index in [1.54, 1.807) is 20.8 Å². The number of hydrazine groups is 1. The zero-order valence-corrected chi connectivity index (χ0v) is 18.5. The van der Waals surface area contributed by atoms with Crippen LogP contribution in [0.25, 0.3) is 11.3 Å². The topological polar surface area (TPSA) is 119 Å². The second-order valence-corrected chi connectivity index (χ2v) is 7.83. The number of carbonyl (C=O) groups is 3. The summed E-state index contributed by atoms with van der Waals surface area (Å²) in [6.45, 7) is 5.37. The fraction of sp³-hybridized carbons (Fsp3) is 0.364. The number of hydrogen-bond acceptors (Lipinski definition) is 6. The van der Waals surface area contributed by atoms with Gasteiger partial charge in [0.2, 0.25) is 5.91 Å². The lowest BCUT2D eigenvalue weighted by Gasteiger charge is -2.20. The van der Waals surface area contributed by atoms with Gasteiger partial charge in [0.05, 0.1) is 18.7 Å². The van der Waals surface area contributed by atoms with Gasteiger partial charge in [-0.2, -0.15) is 0 Å². The van der Waals surface area contributed by atoms with Crippen molar-refractivity contribution < 1.29 is 28.2 Å². The molecule has 3 amide bonds. The van der Waals surface area contributed by atoms with Crippen LogP contribution in [0.2, 0.25) is 0 Å². The molecule has 1 aromatic carbocycles. The van der Waals surface area contributed by atoms with Crippen LogP contribution in [0.4, 0.5) is 9.18 Å². The van der Waals surface area contributed by atoms with E-state index < -0.39 is 29.3 Å². The minimum absolute atomic E-state index is 0.0357. The van der Waals surface area contributed by atoms with Crippen molar-refractivity contribution in [1.29, 1.82) is 0 Å². The average Bonchev–Trinajstić information content (AvgIpc) is 2.73. The molecule has 1 aromatic heterocycles. The van der Waals surface area contributed by atoms with Crippen LogP contribution in [0.1, 0.15) is 43.1 Å². The van der Waals surface area contributed by atoms with Crippen LogP contribution in [0.5, 0.6) is 0 Å².